The third kappa shape index (κ3) is 7.08. The first-order valence-corrected chi connectivity index (χ1v) is 12.1. The van der Waals surface area contributed by atoms with E-state index < -0.39 is 0 Å². The van der Waals surface area contributed by atoms with Crippen LogP contribution in [0.25, 0.3) is 11.3 Å². The van der Waals surface area contributed by atoms with E-state index in [1.165, 1.54) is 16.9 Å². The highest BCUT2D eigenvalue weighted by Gasteiger charge is 2.09. The van der Waals surface area contributed by atoms with Gasteiger partial charge in [-0.05, 0) is 84.6 Å². The van der Waals surface area contributed by atoms with E-state index in [1.807, 2.05) is 49.6 Å². The Bertz CT molecular complexity index is 1000. The van der Waals surface area contributed by atoms with Crippen molar-refractivity contribution in [3.05, 3.63) is 57.9 Å². The van der Waals surface area contributed by atoms with Gasteiger partial charge in [0.15, 0.2) is 5.13 Å². The molecule has 3 aromatic rings. The number of aromatic nitrogens is 1. The zero-order valence-electron chi connectivity index (χ0n) is 18.0. The molecule has 0 aliphatic heterocycles. The number of halogens is 1. The number of carbonyl (C=O) groups is 1. The average Bonchev–Trinajstić information content (AvgIpc) is 3.20. The molecule has 1 N–H and O–H groups in total. The van der Waals surface area contributed by atoms with Crippen LogP contribution in [0, 0.1) is 0 Å². The second-order valence-electron chi connectivity index (χ2n) is 7.35. The Labute approximate surface area is 195 Å². The van der Waals surface area contributed by atoms with E-state index in [0.717, 1.165) is 33.6 Å². The molecule has 0 unspecified atom stereocenters. The van der Waals surface area contributed by atoms with Gasteiger partial charge in [-0.2, -0.15) is 0 Å². The number of aryl methyl sites for hydroxylation is 1. The van der Waals surface area contributed by atoms with Crippen molar-refractivity contribution in [3.8, 4) is 22.8 Å². The van der Waals surface area contributed by atoms with Gasteiger partial charge in [-0.15, -0.1) is 11.3 Å². The van der Waals surface area contributed by atoms with Gasteiger partial charge < -0.3 is 14.8 Å². The van der Waals surface area contributed by atoms with Crippen LogP contribution < -0.4 is 14.8 Å². The number of nitrogens with one attached hydrogen (secondary N) is 1. The molecule has 5 nitrogen and oxygen atoms in total. The molecule has 0 saturated carbocycles. The molecule has 1 heterocycles. The summed E-state index contributed by atoms with van der Waals surface area (Å²) in [6.45, 7) is 6.59. The molecular formula is C24H27BrN2O3S. The standard InChI is InChI=1S/C24H27BrN2O3S/c1-4-17-7-12-22(20(25)14-17)29-13-5-6-23(28)27-24-26-21(15-31-24)18-8-10-19(11-9-18)30-16(2)3/h7-12,14-16H,4-6,13H2,1-3H3,(H,26,27,28). The number of nitrogens with zero attached hydrogens (tertiary/aromatic N) is 1. The molecule has 0 radical (unpaired) electrons. The molecule has 0 bridgehead atoms. The zero-order chi connectivity index (χ0) is 22.2. The topological polar surface area (TPSA) is 60.5 Å². The second kappa shape index (κ2) is 11.3. The van der Waals surface area contributed by atoms with Gasteiger partial charge in [0.1, 0.15) is 11.5 Å². The number of benzene rings is 2. The smallest absolute Gasteiger partial charge is 0.226 e. The first-order chi connectivity index (χ1) is 14.9. The molecule has 3 rings (SSSR count). The molecule has 7 heteroatoms. The summed E-state index contributed by atoms with van der Waals surface area (Å²) in [5, 5.41) is 5.41. The van der Waals surface area contributed by atoms with Crippen LogP contribution in [0.3, 0.4) is 0 Å². The third-order valence-electron chi connectivity index (χ3n) is 4.48. The minimum absolute atomic E-state index is 0.0643. The van der Waals surface area contributed by atoms with Gasteiger partial charge in [-0.25, -0.2) is 4.98 Å². The summed E-state index contributed by atoms with van der Waals surface area (Å²) < 4.78 is 12.4. The molecule has 2 aromatic carbocycles. The first kappa shape index (κ1) is 23.3. The quantitative estimate of drug-likeness (QED) is 0.312. The lowest BCUT2D eigenvalue weighted by atomic mass is 10.2. The Balaban J connectivity index is 1.44. The van der Waals surface area contributed by atoms with Crippen molar-refractivity contribution in [2.75, 3.05) is 11.9 Å². The lowest BCUT2D eigenvalue weighted by Gasteiger charge is -2.09. The van der Waals surface area contributed by atoms with E-state index >= 15 is 0 Å². The van der Waals surface area contributed by atoms with Crippen molar-refractivity contribution in [2.45, 2.75) is 46.1 Å². The molecule has 31 heavy (non-hydrogen) atoms. The number of rotatable bonds is 10. The summed E-state index contributed by atoms with van der Waals surface area (Å²) in [5.41, 5.74) is 3.07. The van der Waals surface area contributed by atoms with Crippen LogP contribution in [0.1, 0.15) is 39.2 Å². The Kier molecular flexibility index (Phi) is 8.49. The molecule has 1 aromatic heterocycles. The van der Waals surface area contributed by atoms with Crippen molar-refractivity contribution in [3.63, 3.8) is 0 Å². The largest absolute Gasteiger partial charge is 0.492 e. The van der Waals surface area contributed by atoms with E-state index in [1.54, 1.807) is 0 Å². The van der Waals surface area contributed by atoms with Crippen molar-refractivity contribution in [2.24, 2.45) is 0 Å². The van der Waals surface area contributed by atoms with Gasteiger partial charge in [0.2, 0.25) is 5.91 Å². The van der Waals surface area contributed by atoms with Crippen molar-refractivity contribution < 1.29 is 14.3 Å². The molecule has 1 amide bonds. The maximum Gasteiger partial charge on any atom is 0.226 e. The summed E-state index contributed by atoms with van der Waals surface area (Å²) in [4.78, 5) is 16.8. The highest BCUT2D eigenvalue weighted by molar-refractivity contribution is 9.10. The lowest BCUT2D eigenvalue weighted by molar-refractivity contribution is -0.116. The number of hydrogen-bond donors (Lipinski definition) is 1. The number of thiazole rings is 1. The van der Waals surface area contributed by atoms with E-state index in [9.17, 15) is 4.79 Å². The fraction of sp³-hybridized carbons (Fsp3) is 0.333. The van der Waals surface area contributed by atoms with Crippen LogP contribution in [-0.4, -0.2) is 23.6 Å². The second-order valence-corrected chi connectivity index (χ2v) is 9.06. The SMILES string of the molecule is CCc1ccc(OCCCC(=O)Nc2nc(-c3ccc(OC(C)C)cc3)cs2)c(Br)c1. The summed E-state index contributed by atoms with van der Waals surface area (Å²) in [6.07, 6.45) is 2.12. The van der Waals surface area contributed by atoms with E-state index in [0.29, 0.717) is 24.6 Å². The van der Waals surface area contributed by atoms with Crippen LogP contribution in [0.2, 0.25) is 0 Å². The zero-order valence-corrected chi connectivity index (χ0v) is 20.4. The predicted molar refractivity (Wildman–Crippen MR) is 130 cm³/mol. The Morgan fingerprint density at radius 2 is 1.97 bits per heavy atom. The Hall–Kier alpha value is -2.38. The fourth-order valence-corrected chi connectivity index (χ4v) is 4.19. The maximum absolute atomic E-state index is 12.2. The molecular weight excluding hydrogens is 476 g/mol. The Morgan fingerprint density at radius 1 is 1.19 bits per heavy atom. The lowest BCUT2D eigenvalue weighted by Crippen LogP contribution is -2.12. The summed E-state index contributed by atoms with van der Waals surface area (Å²) in [7, 11) is 0. The number of amides is 1. The molecule has 0 spiro atoms. The summed E-state index contributed by atoms with van der Waals surface area (Å²) >= 11 is 4.95. The molecule has 0 saturated heterocycles. The van der Waals surface area contributed by atoms with Gasteiger partial charge in [0, 0.05) is 17.4 Å². The van der Waals surface area contributed by atoms with Gasteiger partial charge in [-0.3, -0.25) is 4.79 Å². The van der Waals surface area contributed by atoms with Crippen LogP contribution in [0.15, 0.2) is 52.3 Å². The monoisotopic (exact) mass is 502 g/mol. The summed E-state index contributed by atoms with van der Waals surface area (Å²) in [6, 6.07) is 13.9. The number of ether oxygens (including phenoxy) is 2. The number of hydrogen-bond acceptors (Lipinski definition) is 5. The molecule has 0 aliphatic rings. The highest BCUT2D eigenvalue weighted by Crippen LogP contribution is 2.28. The normalized spacial score (nSPS) is 10.9. The van der Waals surface area contributed by atoms with Crippen molar-refractivity contribution in [1.29, 1.82) is 0 Å². The van der Waals surface area contributed by atoms with E-state index in [-0.39, 0.29) is 12.0 Å². The van der Waals surface area contributed by atoms with Gasteiger partial charge in [0.05, 0.1) is 22.9 Å². The Morgan fingerprint density at radius 3 is 2.65 bits per heavy atom. The van der Waals surface area contributed by atoms with Crippen LogP contribution in [0.4, 0.5) is 5.13 Å². The molecule has 0 fully saturated rings. The van der Waals surface area contributed by atoms with Gasteiger partial charge in [0.25, 0.3) is 0 Å². The minimum atomic E-state index is -0.0643. The van der Waals surface area contributed by atoms with Crippen LogP contribution in [0.5, 0.6) is 11.5 Å². The predicted octanol–water partition coefficient (Wildman–Crippen LogP) is 6.72. The number of carbonyl (C=O) groups excluding carboxylic acids is 1. The summed E-state index contributed by atoms with van der Waals surface area (Å²) in [5.74, 6) is 1.57. The first-order valence-electron chi connectivity index (χ1n) is 10.4. The highest BCUT2D eigenvalue weighted by atomic mass is 79.9. The third-order valence-corrected chi connectivity index (χ3v) is 5.86. The van der Waals surface area contributed by atoms with Crippen LogP contribution in [-0.2, 0) is 11.2 Å². The average molecular weight is 503 g/mol. The van der Waals surface area contributed by atoms with Crippen molar-refractivity contribution in [1.82, 2.24) is 4.98 Å². The van der Waals surface area contributed by atoms with Gasteiger partial charge >= 0.3 is 0 Å². The van der Waals surface area contributed by atoms with Gasteiger partial charge in [-0.1, -0.05) is 13.0 Å². The molecule has 0 aliphatic carbocycles. The maximum atomic E-state index is 12.2. The number of anilines is 1. The minimum Gasteiger partial charge on any atom is -0.492 e. The fourth-order valence-electron chi connectivity index (χ4n) is 2.92. The molecule has 164 valence electrons. The van der Waals surface area contributed by atoms with Crippen LogP contribution >= 0.6 is 27.3 Å². The van der Waals surface area contributed by atoms with Crippen molar-refractivity contribution >= 4 is 38.3 Å². The van der Waals surface area contributed by atoms with E-state index in [2.05, 4.69) is 45.3 Å². The van der Waals surface area contributed by atoms with E-state index in [4.69, 9.17) is 9.47 Å². The molecule has 0 atom stereocenters.